The van der Waals surface area contributed by atoms with E-state index >= 15 is 0 Å². The second kappa shape index (κ2) is 8.91. The minimum atomic E-state index is -0.918. The van der Waals surface area contributed by atoms with Crippen LogP contribution in [0.5, 0.6) is 28.7 Å². The van der Waals surface area contributed by atoms with Crippen LogP contribution in [0.3, 0.4) is 0 Å². The van der Waals surface area contributed by atoms with E-state index in [9.17, 15) is 4.79 Å². The van der Waals surface area contributed by atoms with Crippen molar-refractivity contribution in [3.8, 4) is 28.7 Å². The molecule has 0 aromatic heterocycles. The highest BCUT2D eigenvalue weighted by molar-refractivity contribution is 5.78. The van der Waals surface area contributed by atoms with Gasteiger partial charge in [-0.05, 0) is 38.8 Å². The smallest absolute Gasteiger partial charge is 0.315 e. The van der Waals surface area contributed by atoms with Crippen molar-refractivity contribution in [2.24, 2.45) is 5.92 Å². The number of fused-ring (bicyclic) bond motifs is 2. The van der Waals surface area contributed by atoms with Crippen molar-refractivity contribution in [3.05, 3.63) is 41.5 Å². The molecule has 34 heavy (non-hydrogen) atoms. The molecule has 0 saturated carbocycles. The molecule has 0 amide bonds. The molecule has 2 aromatic rings. The van der Waals surface area contributed by atoms with E-state index in [0.29, 0.717) is 28.7 Å². The molecule has 8 heteroatoms. The number of likely N-dealkylation sites (tertiary alicyclic amines) is 1. The van der Waals surface area contributed by atoms with Crippen LogP contribution in [0.25, 0.3) is 0 Å². The number of carbonyl (C=O) groups is 1. The second-order valence-electron chi connectivity index (χ2n) is 8.91. The van der Waals surface area contributed by atoms with Gasteiger partial charge in [-0.3, -0.25) is 9.69 Å². The Labute approximate surface area is 199 Å². The van der Waals surface area contributed by atoms with Gasteiger partial charge in [-0.25, -0.2) is 0 Å². The van der Waals surface area contributed by atoms with E-state index in [1.54, 1.807) is 14.2 Å². The summed E-state index contributed by atoms with van der Waals surface area (Å²) in [5.41, 5.74) is 0.775. The first kappa shape index (κ1) is 22.7. The molecule has 3 aliphatic heterocycles. The number of ether oxygens (including phenoxy) is 6. The number of benzene rings is 2. The lowest BCUT2D eigenvalue weighted by Gasteiger charge is -2.49. The highest BCUT2D eigenvalue weighted by Gasteiger charge is 2.56. The molecule has 0 aliphatic carbocycles. The quantitative estimate of drug-likeness (QED) is 0.589. The van der Waals surface area contributed by atoms with E-state index in [0.717, 1.165) is 37.1 Å². The SMILES string of the molecule is CCOC(=O)[C@@H]1[C@@H](c2ccc(OC)cc2OC)c2cc3c(cc2O[C@]1(C)N1CCCC1)OCO3. The molecule has 182 valence electrons. The fourth-order valence-electron chi connectivity index (χ4n) is 5.48. The van der Waals surface area contributed by atoms with E-state index in [1.807, 2.05) is 44.2 Å². The molecule has 3 heterocycles. The Morgan fingerprint density at radius 1 is 1.03 bits per heavy atom. The molecule has 0 radical (unpaired) electrons. The fraction of sp³-hybridized carbons (Fsp3) is 0.500. The van der Waals surface area contributed by atoms with Crippen molar-refractivity contribution in [2.45, 2.75) is 38.3 Å². The van der Waals surface area contributed by atoms with Gasteiger partial charge in [0.25, 0.3) is 0 Å². The minimum Gasteiger partial charge on any atom is -0.497 e. The fourth-order valence-corrected chi connectivity index (χ4v) is 5.48. The highest BCUT2D eigenvalue weighted by atomic mass is 16.7. The van der Waals surface area contributed by atoms with Crippen LogP contribution in [0.1, 0.15) is 43.7 Å². The molecule has 8 nitrogen and oxygen atoms in total. The second-order valence-corrected chi connectivity index (χ2v) is 8.91. The van der Waals surface area contributed by atoms with Gasteiger partial charge in [0.15, 0.2) is 17.2 Å². The van der Waals surface area contributed by atoms with Gasteiger partial charge in [0.2, 0.25) is 6.79 Å². The maximum absolute atomic E-state index is 13.7. The van der Waals surface area contributed by atoms with Crippen LogP contribution in [0.15, 0.2) is 30.3 Å². The van der Waals surface area contributed by atoms with E-state index in [1.165, 1.54) is 0 Å². The van der Waals surface area contributed by atoms with Crippen molar-refractivity contribution >= 4 is 5.97 Å². The summed E-state index contributed by atoms with van der Waals surface area (Å²) < 4.78 is 34.9. The van der Waals surface area contributed by atoms with Gasteiger partial charge in [-0.15, -0.1) is 0 Å². The molecule has 0 N–H and O–H groups in total. The van der Waals surface area contributed by atoms with Crippen LogP contribution in [0.4, 0.5) is 0 Å². The molecule has 3 atom stereocenters. The van der Waals surface area contributed by atoms with Gasteiger partial charge in [-0.2, -0.15) is 0 Å². The van der Waals surface area contributed by atoms with Gasteiger partial charge in [0, 0.05) is 42.3 Å². The first-order valence-corrected chi connectivity index (χ1v) is 11.8. The van der Waals surface area contributed by atoms with Crippen LogP contribution in [0, 0.1) is 5.92 Å². The Morgan fingerprint density at radius 2 is 1.76 bits per heavy atom. The molecule has 0 spiro atoms. The monoisotopic (exact) mass is 469 g/mol. The Morgan fingerprint density at radius 3 is 2.44 bits per heavy atom. The first-order chi connectivity index (χ1) is 16.5. The van der Waals surface area contributed by atoms with E-state index in [4.69, 9.17) is 28.4 Å². The maximum atomic E-state index is 13.7. The van der Waals surface area contributed by atoms with Crippen LogP contribution in [-0.4, -0.2) is 57.3 Å². The van der Waals surface area contributed by atoms with Gasteiger partial charge < -0.3 is 28.4 Å². The van der Waals surface area contributed by atoms with Crippen LogP contribution >= 0.6 is 0 Å². The molecule has 1 saturated heterocycles. The molecule has 3 aliphatic rings. The van der Waals surface area contributed by atoms with E-state index < -0.39 is 17.6 Å². The molecule has 5 rings (SSSR count). The Hall–Kier alpha value is -3.13. The largest absolute Gasteiger partial charge is 0.497 e. The lowest BCUT2D eigenvalue weighted by atomic mass is 9.72. The molecule has 1 fully saturated rings. The van der Waals surface area contributed by atoms with Crippen molar-refractivity contribution in [1.29, 1.82) is 0 Å². The average Bonchev–Trinajstić information content (AvgIpc) is 3.54. The van der Waals surface area contributed by atoms with Crippen molar-refractivity contribution in [3.63, 3.8) is 0 Å². The number of nitrogens with zero attached hydrogens (tertiary/aromatic N) is 1. The number of hydrogen-bond acceptors (Lipinski definition) is 8. The van der Waals surface area contributed by atoms with Gasteiger partial charge in [0.05, 0.1) is 20.8 Å². The third kappa shape index (κ3) is 3.60. The minimum absolute atomic E-state index is 0.152. The standard InChI is InChI=1S/C26H31NO7/c1-5-31-25(28)24-23(17-9-8-16(29-3)12-19(17)30-4)18-13-21-22(33-15-32-21)14-20(18)34-26(24,2)27-10-6-7-11-27/h8-9,12-14,23-24H,5-7,10-11,15H2,1-4H3/t23-,24-,26-/m0/s1. The van der Waals surface area contributed by atoms with Crippen LogP contribution in [0.2, 0.25) is 0 Å². The van der Waals surface area contributed by atoms with Crippen molar-refractivity contribution in [1.82, 2.24) is 4.90 Å². The van der Waals surface area contributed by atoms with Crippen LogP contribution in [-0.2, 0) is 9.53 Å². The molecule has 0 unspecified atom stereocenters. The van der Waals surface area contributed by atoms with Crippen molar-refractivity contribution in [2.75, 3.05) is 40.7 Å². The summed E-state index contributed by atoms with van der Waals surface area (Å²) in [6.07, 6.45) is 2.11. The maximum Gasteiger partial charge on any atom is 0.315 e. The van der Waals surface area contributed by atoms with Gasteiger partial charge in [-0.1, -0.05) is 6.07 Å². The number of esters is 1. The summed E-state index contributed by atoms with van der Waals surface area (Å²) in [7, 11) is 3.24. The Kier molecular flexibility index (Phi) is 5.93. The summed E-state index contributed by atoms with van der Waals surface area (Å²) in [6.45, 7) is 5.95. The topological polar surface area (TPSA) is 75.7 Å². The highest BCUT2D eigenvalue weighted by Crippen LogP contribution is 2.55. The van der Waals surface area contributed by atoms with Crippen LogP contribution < -0.4 is 23.7 Å². The average molecular weight is 470 g/mol. The van der Waals surface area contributed by atoms with Gasteiger partial charge >= 0.3 is 5.97 Å². The molecular formula is C26H31NO7. The van der Waals surface area contributed by atoms with Crippen molar-refractivity contribution < 1.29 is 33.2 Å². The number of hydrogen-bond donors (Lipinski definition) is 0. The summed E-state index contributed by atoms with van der Waals surface area (Å²) in [6, 6.07) is 9.47. The normalized spacial score (nSPS) is 25.4. The molecular weight excluding hydrogens is 438 g/mol. The summed E-state index contributed by atoms with van der Waals surface area (Å²) in [4.78, 5) is 15.9. The predicted octanol–water partition coefficient (Wildman–Crippen LogP) is 3.95. The zero-order valence-corrected chi connectivity index (χ0v) is 20.1. The zero-order chi connectivity index (χ0) is 23.9. The summed E-state index contributed by atoms with van der Waals surface area (Å²) in [5.74, 6) is 1.90. The first-order valence-electron chi connectivity index (χ1n) is 11.8. The Balaban J connectivity index is 1.75. The van der Waals surface area contributed by atoms with E-state index in [2.05, 4.69) is 4.90 Å². The predicted molar refractivity (Wildman–Crippen MR) is 124 cm³/mol. The lowest BCUT2D eigenvalue weighted by molar-refractivity contribution is -0.174. The lowest BCUT2D eigenvalue weighted by Crippen LogP contribution is -2.61. The van der Waals surface area contributed by atoms with E-state index in [-0.39, 0.29) is 19.4 Å². The number of rotatable bonds is 6. The zero-order valence-electron chi connectivity index (χ0n) is 20.1. The Bertz CT molecular complexity index is 1080. The van der Waals surface area contributed by atoms with Gasteiger partial charge in [0.1, 0.15) is 23.2 Å². The molecule has 0 bridgehead atoms. The molecule has 2 aromatic carbocycles. The number of carbonyl (C=O) groups excluding carboxylic acids is 1. The summed E-state index contributed by atoms with van der Waals surface area (Å²) >= 11 is 0. The summed E-state index contributed by atoms with van der Waals surface area (Å²) in [5, 5.41) is 0. The third-order valence-corrected chi connectivity index (χ3v) is 7.12. The third-order valence-electron chi connectivity index (χ3n) is 7.12. The number of methoxy groups -OCH3 is 2.